The number of benzene rings is 4. The van der Waals surface area contributed by atoms with E-state index < -0.39 is 5.97 Å². The lowest BCUT2D eigenvalue weighted by molar-refractivity contribution is -0.129. The average Bonchev–Trinajstić information content (AvgIpc) is 2.92. The predicted molar refractivity (Wildman–Crippen MR) is 139 cm³/mol. The Kier molecular flexibility index (Phi) is 7.66. The molecule has 0 bridgehead atoms. The number of methoxy groups -OCH3 is 1. The summed E-state index contributed by atoms with van der Waals surface area (Å²) in [5, 5.41) is 0. The molecule has 0 N–H and O–H groups in total. The molecule has 0 aliphatic rings. The van der Waals surface area contributed by atoms with E-state index in [-0.39, 0.29) is 5.78 Å². The number of allylic oxidation sites excluding steroid dienone is 1. The Morgan fingerprint density at radius 1 is 0.629 bits per heavy atom. The minimum absolute atomic E-state index is 0.106. The molecule has 0 saturated heterocycles. The summed E-state index contributed by atoms with van der Waals surface area (Å²) >= 11 is 0. The molecule has 4 nitrogen and oxygen atoms in total. The first-order chi connectivity index (χ1) is 17.1. The van der Waals surface area contributed by atoms with Crippen molar-refractivity contribution in [1.82, 2.24) is 0 Å². The van der Waals surface area contributed by atoms with Gasteiger partial charge in [0.1, 0.15) is 0 Å². The van der Waals surface area contributed by atoms with Crippen LogP contribution in [0.2, 0.25) is 0 Å². The molecule has 0 amide bonds. The minimum atomic E-state index is -0.510. The Labute approximate surface area is 204 Å². The SMILES string of the molecule is COc1cc(/C=C/C(=O)c2ccc(-c3ccccc3)cc2)ccc1OC(=O)/C=C/c1ccccc1. The maximum Gasteiger partial charge on any atom is 0.336 e. The average molecular weight is 461 g/mol. The van der Waals surface area contributed by atoms with Crippen LogP contribution in [0.15, 0.2) is 115 Å². The van der Waals surface area contributed by atoms with Crippen LogP contribution in [0.4, 0.5) is 0 Å². The number of hydrogen-bond acceptors (Lipinski definition) is 4. The van der Waals surface area contributed by atoms with E-state index in [4.69, 9.17) is 9.47 Å². The third-order valence-electron chi connectivity index (χ3n) is 5.31. The molecule has 4 aromatic rings. The maximum atomic E-state index is 12.6. The summed E-state index contributed by atoms with van der Waals surface area (Å²) in [6, 6.07) is 32.1. The van der Waals surface area contributed by atoms with Crippen LogP contribution >= 0.6 is 0 Å². The van der Waals surface area contributed by atoms with E-state index in [0.717, 1.165) is 22.3 Å². The van der Waals surface area contributed by atoms with Crippen LogP contribution in [-0.4, -0.2) is 18.9 Å². The zero-order valence-electron chi connectivity index (χ0n) is 19.3. The van der Waals surface area contributed by atoms with Gasteiger partial charge in [-0.15, -0.1) is 0 Å². The number of ether oxygens (including phenoxy) is 2. The van der Waals surface area contributed by atoms with Gasteiger partial charge in [-0.05, 0) is 46.5 Å². The Balaban J connectivity index is 1.41. The van der Waals surface area contributed by atoms with Gasteiger partial charge in [0, 0.05) is 11.6 Å². The standard InChI is InChI=1S/C31H24O4/c1-34-30-22-24(13-20-29(30)35-31(33)21-14-23-8-4-2-5-9-23)12-19-28(32)27-17-15-26(16-18-27)25-10-6-3-7-11-25/h2-22H,1H3/b19-12+,21-14+. The highest BCUT2D eigenvalue weighted by Gasteiger charge is 2.09. The number of ketones is 1. The van der Waals surface area contributed by atoms with Crippen molar-refractivity contribution >= 4 is 23.9 Å². The van der Waals surface area contributed by atoms with Crippen LogP contribution in [0, 0.1) is 0 Å². The molecule has 4 aromatic carbocycles. The molecule has 0 fully saturated rings. The lowest BCUT2D eigenvalue weighted by Gasteiger charge is -2.08. The smallest absolute Gasteiger partial charge is 0.336 e. The lowest BCUT2D eigenvalue weighted by Crippen LogP contribution is -2.05. The number of carbonyl (C=O) groups is 2. The van der Waals surface area contributed by atoms with Gasteiger partial charge in [0.25, 0.3) is 0 Å². The maximum absolute atomic E-state index is 12.6. The van der Waals surface area contributed by atoms with Crippen molar-refractivity contribution in [1.29, 1.82) is 0 Å². The zero-order valence-corrected chi connectivity index (χ0v) is 19.3. The van der Waals surface area contributed by atoms with Gasteiger partial charge in [-0.25, -0.2) is 4.79 Å². The van der Waals surface area contributed by atoms with Crippen molar-refractivity contribution in [2.45, 2.75) is 0 Å². The number of rotatable bonds is 8. The highest BCUT2D eigenvalue weighted by Crippen LogP contribution is 2.29. The van der Waals surface area contributed by atoms with Gasteiger partial charge < -0.3 is 9.47 Å². The van der Waals surface area contributed by atoms with Crippen LogP contribution in [0.25, 0.3) is 23.3 Å². The molecule has 0 unspecified atom stereocenters. The van der Waals surface area contributed by atoms with Gasteiger partial charge in [0.05, 0.1) is 7.11 Å². The summed E-state index contributed by atoms with van der Waals surface area (Å²) in [6.07, 6.45) is 6.27. The molecular weight excluding hydrogens is 436 g/mol. The van der Waals surface area contributed by atoms with E-state index >= 15 is 0 Å². The first kappa shape index (κ1) is 23.5. The van der Waals surface area contributed by atoms with Crippen molar-refractivity contribution in [3.05, 3.63) is 132 Å². The highest BCUT2D eigenvalue weighted by atomic mass is 16.6. The van der Waals surface area contributed by atoms with Crippen LogP contribution in [0.3, 0.4) is 0 Å². The van der Waals surface area contributed by atoms with E-state index in [2.05, 4.69) is 0 Å². The fourth-order valence-corrected chi connectivity index (χ4v) is 3.47. The molecule has 4 rings (SSSR count). The second kappa shape index (κ2) is 11.4. The molecule has 0 saturated carbocycles. The van der Waals surface area contributed by atoms with Gasteiger partial charge in [-0.1, -0.05) is 97.1 Å². The van der Waals surface area contributed by atoms with Crippen LogP contribution in [0.5, 0.6) is 11.5 Å². The molecule has 0 atom stereocenters. The summed E-state index contributed by atoms with van der Waals surface area (Å²) in [5.41, 5.74) is 4.40. The van der Waals surface area contributed by atoms with Gasteiger partial charge >= 0.3 is 5.97 Å². The van der Waals surface area contributed by atoms with Crippen molar-refractivity contribution in [2.24, 2.45) is 0 Å². The third-order valence-corrected chi connectivity index (χ3v) is 5.31. The molecule has 0 aliphatic heterocycles. The lowest BCUT2D eigenvalue weighted by atomic mass is 10.0. The quantitative estimate of drug-likeness (QED) is 0.125. The summed E-state index contributed by atoms with van der Waals surface area (Å²) in [4.78, 5) is 24.8. The fraction of sp³-hybridized carbons (Fsp3) is 0.0323. The van der Waals surface area contributed by atoms with Crippen molar-refractivity contribution in [3.63, 3.8) is 0 Å². The first-order valence-electron chi connectivity index (χ1n) is 11.1. The van der Waals surface area contributed by atoms with Crippen LogP contribution in [0.1, 0.15) is 21.5 Å². The normalized spacial score (nSPS) is 11.0. The zero-order chi connectivity index (χ0) is 24.5. The monoisotopic (exact) mass is 460 g/mol. The Hall–Kier alpha value is -4.70. The van der Waals surface area contributed by atoms with E-state index in [1.807, 2.05) is 84.9 Å². The Morgan fingerprint density at radius 2 is 1.26 bits per heavy atom. The Bertz CT molecular complexity index is 1350. The van der Waals surface area contributed by atoms with E-state index in [1.54, 1.807) is 30.4 Å². The summed E-state index contributed by atoms with van der Waals surface area (Å²) in [5.74, 6) is 0.0816. The number of carbonyl (C=O) groups excluding carboxylic acids is 2. The largest absolute Gasteiger partial charge is 0.493 e. The summed E-state index contributed by atoms with van der Waals surface area (Å²) in [7, 11) is 1.50. The molecule has 0 spiro atoms. The second-order valence-electron chi connectivity index (χ2n) is 7.72. The van der Waals surface area contributed by atoms with Crippen molar-refractivity contribution in [3.8, 4) is 22.6 Å². The second-order valence-corrected chi connectivity index (χ2v) is 7.72. The molecule has 0 aromatic heterocycles. The van der Waals surface area contributed by atoms with Crippen LogP contribution < -0.4 is 9.47 Å². The first-order valence-corrected chi connectivity index (χ1v) is 11.1. The number of esters is 1. The molecule has 172 valence electrons. The third kappa shape index (κ3) is 6.42. The minimum Gasteiger partial charge on any atom is -0.493 e. The number of hydrogen-bond donors (Lipinski definition) is 0. The molecule has 4 heteroatoms. The van der Waals surface area contributed by atoms with Gasteiger partial charge in [0.15, 0.2) is 17.3 Å². The fourth-order valence-electron chi connectivity index (χ4n) is 3.47. The highest BCUT2D eigenvalue weighted by molar-refractivity contribution is 6.07. The topological polar surface area (TPSA) is 52.6 Å². The molecular formula is C31H24O4. The van der Waals surface area contributed by atoms with E-state index in [1.165, 1.54) is 19.3 Å². The summed E-state index contributed by atoms with van der Waals surface area (Å²) in [6.45, 7) is 0. The van der Waals surface area contributed by atoms with Gasteiger partial charge in [0.2, 0.25) is 0 Å². The van der Waals surface area contributed by atoms with Crippen LogP contribution in [-0.2, 0) is 4.79 Å². The van der Waals surface area contributed by atoms with Gasteiger partial charge in [-0.2, -0.15) is 0 Å². The molecule has 0 heterocycles. The summed E-state index contributed by atoms with van der Waals surface area (Å²) < 4.78 is 10.8. The molecule has 0 radical (unpaired) electrons. The Morgan fingerprint density at radius 3 is 1.94 bits per heavy atom. The van der Waals surface area contributed by atoms with Gasteiger partial charge in [-0.3, -0.25) is 4.79 Å². The molecule has 0 aliphatic carbocycles. The van der Waals surface area contributed by atoms with Crippen molar-refractivity contribution in [2.75, 3.05) is 7.11 Å². The predicted octanol–water partition coefficient (Wildman–Crippen LogP) is 6.88. The van der Waals surface area contributed by atoms with E-state index in [0.29, 0.717) is 17.1 Å². The van der Waals surface area contributed by atoms with Crippen molar-refractivity contribution < 1.29 is 19.1 Å². The molecule has 35 heavy (non-hydrogen) atoms. The van der Waals surface area contributed by atoms with E-state index in [9.17, 15) is 9.59 Å².